The summed E-state index contributed by atoms with van der Waals surface area (Å²) in [6, 6.07) is 2.74. The summed E-state index contributed by atoms with van der Waals surface area (Å²) in [6.45, 7) is 0. The molecule has 3 rings (SSSR count). The van der Waals surface area contributed by atoms with Gasteiger partial charge < -0.3 is 11.1 Å². The molecule has 3 nitrogen and oxygen atoms in total. The number of hydrogen-bond donors (Lipinski definition) is 2. The van der Waals surface area contributed by atoms with Crippen molar-refractivity contribution < 1.29 is 4.79 Å². The lowest BCUT2D eigenvalue weighted by Gasteiger charge is -2.10. The Morgan fingerprint density at radius 2 is 2.06 bits per heavy atom. The van der Waals surface area contributed by atoms with E-state index in [0.29, 0.717) is 18.0 Å². The van der Waals surface area contributed by atoms with E-state index in [2.05, 4.69) is 5.32 Å². The summed E-state index contributed by atoms with van der Waals surface area (Å²) < 4.78 is 0. The molecule has 2 saturated carbocycles. The number of amides is 1. The maximum absolute atomic E-state index is 12.0. The number of nitrogens with two attached hydrogens (primary N) is 1. The number of nitrogens with one attached hydrogen (secondary N) is 1. The second-order valence-corrected chi connectivity index (χ2v) is 6.14. The van der Waals surface area contributed by atoms with Crippen LogP contribution in [0.2, 0.25) is 0 Å². The molecular formula is C13H19ClN2OS. The van der Waals surface area contributed by atoms with Crippen LogP contribution < -0.4 is 11.1 Å². The molecular weight excluding hydrogens is 268 g/mol. The molecule has 0 saturated heterocycles. The van der Waals surface area contributed by atoms with Gasteiger partial charge >= 0.3 is 0 Å². The zero-order chi connectivity index (χ0) is 11.8. The molecule has 2 aliphatic rings. The Bertz CT molecular complexity index is 428. The Balaban J connectivity index is 0.00000120. The number of hydrogen-bond acceptors (Lipinski definition) is 3. The first-order chi connectivity index (χ1) is 8.24. The van der Waals surface area contributed by atoms with Crippen LogP contribution in [0.5, 0.6) is 0 Å². The smallest absolute Gasteiger partial charge is 0.252 e. The summed E-state index contributed by atoms with van der Waals surface area (Å²) >= 11 is 1.67. The molecule has 0 unspecified atom stereocenters. The van der Waals surface area contributed by atoms with Gasteiger partial charge in [-0.15, -0.1) is 23.7 Å². The van der Waals surface area contributed by atoms with Crippen molar-refractivity contribution in [3.63, 3.8) is 0 Å². The Labute approximate surface area is 118 Å². The van der Waals surface area contributed by atoms with Gasteiger partial charge in [-0.25, -0.2) is 0 Å². The summed E-state index contributed by atoms with van der Waals surface area (Å²) in [5.74, 6) is 0.599. The third kappa shape index (κ3) is 2.87. The van der Waals surface area contributed by atoms with Crippen LogP contribution in [0.15, 0.2) is 11.4 Å². The maximum atomic E-state index is 12.0. The van der Waals surface area contributed by atoms with E-state index in [1.807, 2.05) is 11.4 Å². The van der Waals surface area contributed by atoms with Crippen molar-refractivity contribution in [1.82, 2.24) is 5.32 Å². The maximum Gasteiger partial charge on any atom is 0.252 e. The molecule has 5 heteroatoms. The predicted molar refractivity (Wildman–Crippen MR) is 76.6 cm³/mol. The normalized spacial score (nSPS) is 26.7. The molecule has 1 aromatic heterocycles. The summed E-state index contributed by atoms with van der Waals surface area (Å²) in [4.78, 5) is 13.3. The minimum Gasteiger partial charge on any atom is -0.349 e. The van der Waals surface area contributed by atoms with Gasteiger partial charge in [0.25, 0.3) is 5.91 Å². The first-order valence-corrected chi connectivity index (χ1v) is 7.27. The number of rotatable bonds is 3. The quantitative estimate of drug-likeness (QED) is 0.897. The highest BCUT2D eigenvalue weighted by molar-refractivity contribution is 7.10. The van der Waals surface area contributed by atoms with Gasteiger partial charge in [0.05, 0.1) is 5.56 Å². The highest BCUT2D eigenvalue weighted by Gasteiger charge is 2.36. The third-order valence-corrected chi connectivity index (χ3v) is 4.84. The molecule has 1 heterocycles. The van der Waals surface area contributed by atoms with E-state index in [-0.39, 0.29) is 18.3 Å². The van der Waals surface area contributed by atoms with Crippen LogP contribution in [-0.2, 0) is 0 Å². The Morgan fingerprint density at radius 1 is 1.39 bits per heavy atom. The molecule has 2 fully saturated rings. The van der Waals surface area contributed by atoms with Crippen LogP contribution in [0.1, 0.15) is 53.3 Å². The van der Waals surface area contributed by atoms with Crippen LogP contribution in [0.4, 0.5) is 0 Å². The molecule has 100 valence electrons. The summed E-state index contributed by atoms with van der Waals surface area (Å²) in [5.41, 5.74) is 6.64. The van der Waals surface area contributed by atoms with E-state index in [9.17, 15) is 4.79 Å². The van der Waals surface area contributed by atoms with Crippen LogP contribution in [0.3, 0.4) is 0 Å². The predicted octanol–water partition coefficient (Wildman–Crippen LogP) is 2.66. The van der Waals surface area contributed by atoms with Gasteiger partial charge in [0.15, 0.2) is 0 Å². The average molecular weight is 287 g/mol. The lowest BCUT2D eigenvalue weighted by Crippen LogP contribution is -2.32. The van der Waals surface area contributed by atoms with E-state index in [0.717, 1.165) is 24.8 Å². The molecule has 3 N–H and O–H groups in total. The number of thiophene rings is 1. The van der Waals surface area contributed by atoms with E-state index < -0.39 is 0 Å². The number of halogens is 1. The SMILES string of the molecule is Cl.N[C@@H]1C[C@H]1c1cc(C(=O)NC2CCCC2)cs1. The van der Waals surface area contributed by atoms with Crippen molar-refractivity contribution in [2.45, 2.75) is 50.1 Å². The molecule has 2 atom stereocenters. The van der Waals surface area contributed by atoms with Crippen LogP contribution in [-0.4, -0.2) is 18.0 Å². The fourth-order valence-electron chi connectivity index (χ4n) is 2.55. The Hall–Kier alpha value is -0.580. The second-order valence-electron chi connectivity index (χ2n) is 5.20. The third-order valence-electron chi connectivity index (χ3n) is 3.78. The highest BCUT2D eigenvalue weighted by atomic mass is 35.5. The zero-order valence-electron chi connectivity index (χ0n) is 10.2. The first-order valence-electron chi connectivity index (χ1n) is 6.39. The minimum absolute atomic E-state index is 0. The van der Waals surface area contributed by atoms with E-state index in [1.54, 1.807) is 11.3 Å². The first kappa shape index (κ1) is 13.8. The van der Waals surface area contributed by atoms with Gasteiger partial charge in [-0.1, -0.05) is 12.8 Å². The molecule has 2 aliphatic carbocycles. The molecule has 0 bridgehead atoms. The fraction of sp³-hybridized carbons (Fsp3) is 0.615. The molecule has 0 aromatic carbocycles. The summed E-state index contributed by atoms with van der Waals surface area (Å²) in [6.07, 6.45) is 5.84. The molecule has 18 heavy (non-hydrogen) atoms. The second kappa shape index (κ2) is 5.59. The van der Waals surface area contributed by atoms with Crippen molar-refractivity contribution in [2.75, 3.05) is 0 Å². The standard InChI is InChI=1S/C13H18N2OS.ClH/c14-11-6-10(11)12-5-8(7-17-12)13(16)15-9-3-1-2-4-9;/h5,7,9-11H,1-4,6,14H2,(H,15,16);1H/t10-,11-;/m1./s1. The van der Waals surface area contributed by atoms with Crippen molar-refractivity contribution in [3.8, 4) is 0 Å². The van der Waals surface area contributed by atoms with Gasteiger partial charge in [-0.2, -0.15) is 0 Å². The summed E-state index contributed by atoms with van der Waals surface area (Å²) in [7, 11) is 0. The van der Waals surface area contributed by atoms with Crippen LogP contribution in [0.25, 0.3) is 0 Å². The number of carbonyl (C=O) groups is 1. The topological polar surface area (TPSA) is 55.1 Å². The molecule has 0 radical (unpaired) electrons. The van der Waals surface area contributed by atoms with Crippen molar-refractivity contribution in [3.05, 3.63) is 21.9 Å². The fourth-order valence-corrected chi connectivity index (χ4v) is 3.63. The zero-order valence-corrected chi connectivity index (χ0v) is 11.9. The van der Waals surface area contributed by atoms with Crippen molar-refractivity contribution >= 4 is 29.7 Å². The Morgan fingerprint density at radius 3 is 2.67 bits per heavy atom. The van der Waals surface area contributed by atoms with Gasteiger partial charge in [0.1, 0.15) is 0 Å². The minimum atomic E-state index is 0. The number of carbonyl (C=O) groups excluding carboxylic acids is 1. The van der Waals surface area contributed by atoms with E-state index in [1.165, 1.54) is 17.7 Å². The summed E-state index contributed by atoms with van der Waals surface area (Å²) in [5, 5.41) is 5.08. The molecule has 1 aromatic rings. The van der Waals surface area contributed by atoms with Crippen LogP contribution in [0, 0.1) is 0 Å². The lowest BCUT2D eigenvalue weighted by molar-refractivity contribution is 0.0938. The van der Waals surface area contributed by atoms with Gasteiger partial charge in [0, 0.05) is 28.3 Å². The largest absolute Gasteiger partial charge is 0.349 e. The monoisotopic (exact) mass is 286 g/mol. The van der Waals surface area contributed by atoms with Gasteiger partial charge in [0.2, 0.25) is 0 Å². The van der Waals surface area contributed by atoms with E-state index in [4.69, 9.17) is 5.73 Å². The van der Waals surface area contributed by atoms with Gasteiger partial charge in [-0.05, 0) is 25.3 Å². The van der Waals surface area contributed by atoms with E-state index >= 15 is 0 Å². The van der Waals surface area contributed by atoms with Gasteiger partial charge in [-0.3, -0.25) is 4.79 Å². The molecule has 1 amide bonds. The van der Waals surface area contributed by atoms with Crippen molar-refractivity contribution in [1.29, 1.82) is 0 Å². The molecule has 0 spiro atoms. The Kier molecular flexibility index (Phi) is 4.30. The molecule has 0 aliphatic heterocycles. The highest BCUT2D eigenvalue weighted by Crippen LogP contribution is 2.41. The van der Waals surface area contributed by atoms with Crippen LogP contribution >= 0.6 is 23.7 Å². The average Bonchev–Trinajstić information content (AvgIpc) is 2.79. The van der Waals surface area contributed by atoms with Crippen molar-refractivity contribution in [2.24, 2.45) is 5.73 Å². The lowest BCUT2D eigenvalue weighted by atomic mass is 10.2.